The average molecular weight is 252 g/mol. The first-order chi connectivity index (χ1) is 8.58. The molecule has 1 heterocycles. The van der Waals surface area contributed by atoms with Gasteiger partial charge in [0.25, 0.3) is 0 Å². The molecule has 0 saturated carbocycles. The van der Waals surface area contributed by atoms with Gasteiger partial charge in [-0.1, -0.05) is 19.3 Å². The molecule has 100 valence electrons. The third-order valence-corrected chi connectivity index (χ3v) is 3.12. The van der Waals surface area contributed by atoms with Crippen LogP contribution in [0.5, 0.6) is 0 Å². The molecule has 1 aliphatic rings. The van der Waals surface area contributed by atoms with Gasteiger partial charge in [-0.15, -0.1) is 6.42 Å². The zero-order chi connectivity index (χ0) is 13.5. The molecule has 1 saturated heterocycles. The lowest BCUT2D eigenvalue weighted by molar-refractivity contribution is -0.137. The molecule has 5 heteroatoms. The highest BCUT2D eigenvalue weighted by molar-refractivity contribution is 5.77. The average Bonchev–Trinajstić information content (AvgIpc) is 2.75. The van der Waals surface area contributed by atoms with Crippen molar-refractivity contribution in [2.24, 2.45) is 0 Å². The number of urea groups is 1. The Morgan fingerprint density at radius 1 is 1.61 bits per heavy atom. The number of nitrogens with zero attached hydrogens (tertiary/aromatic N) is 1. The number of likely N-dealkylation sites (tertiary alicyclic amines) is 1. The molecule has 1 fully saturated rings. The predicted octanol–water partition coefficient (Wildman–Crippen LogP) is 1.44. The number of hydrogen-bond acceptors (Lipinski definition) is 2. The second-order valence-electron chi connectivity index (χ2n) is 4.54. The van der Waals surface area contributed by atoms with Crippen molar-refractivity contribution in [3.63, 3.8) is 0 Å². The van der Waals surface area contributed by atoms with Gasteiger partial charge in [0.05, 0.1) is 12.5 Å². The molecule has 0 aromatic carbocycles. The van der Waals surface area contributed by atoms with Crippen molar-refractivity contribution in [3.05, 3.63) is 0 Å². The van der Waals surface area contributed by atoms with Crippen LogP contribution in [0.15, 0.2) is 0 Å². The second kappa shape index (κ2) is 6.90. The van der Waals surface area contributed by atoms with Crippen molar-refractivity contribution >= 4 is 12.0 Å². The summed E-state index contributed by atoms with van der Waals surface area (Å²) in [7, 11) is 0. The molecule has 2 atom stereocenters. The van der Waals surface area contributed by atoms with Gasteiger partial charge in [-0.2, -0.15) is 0 Å². The molecule has 0 aromatic rings. The highest BCUT2D eigenvalue weighted by atomic mass is 16.4. The Balaban J connectivity index is 2.54. The normalized spacial score (nSPS) is 20.2. The van der Waals surface area contributed by atoms with Crippen LogP contribution < -0.4 is 5.32 Å². The van der Waals surface area contributed by atoms with Crippen LogP contribution in [0.2, 0.25) is 0 Å². The zero-order valence-electron chi connectivity index (χ0n) is 10.7. The largest absolute Gasteiger partial charge is 0.481 e. The fourth-order valence-electron chi connectivity index (χ4n) is 2.23. The Morgan fingerprint density at radius 2 is 2.33 bits per heavy atom. The Kier molecular flexibility index (Phi) is 5.50. The highest BCUT2D eigenvalue weighted by Gasteiger charge is 2.30. The van der Waals surface area contributed by atoms with E-state index in [0.29, 0.717) is 6.54 Å². The van der Waals surface area contributed by atoms with Gasteiger partial charge in [-0.3, -0.25) is 4.79 Å². The van der Waals surface area contributed by atoms with Gasteiger partial charge in [0.1, 0.15) is 0 Å². The summed E-state index contributed by atoms with van der Waals surface area (Å²) in [5, 5.41) is 11.6. The lowest BCUT2D eigenvalue weighted by Gasteiger charge is -2.25. The minimum atomic E-state index is -0.873. The first kappa shape index (κ1) is 14.4. The lowest BCUT2D eigenvalue weighted by Crippen LogP contribution is -2.47. The minimum absolute atomic E-state index is 0.00190. The van der Waals surface area contributed by atoms with Crippen molar-refractivity contribution in [2.45, 2.75) is 51.1 Å². The molecule has 0 aliphatic carbocycles. The van der Waals surface area contributed by atoms with Crippen LogP contribution in [0.3, 0.4) is 0 Å². The monoisotopic (exact) mass is 252 g/mol. The smallest absolute Gasteiger partial charge is 0.318 e. The van der Waals surface area contributed by atoms with Crippen LogP contribution in [0.4, 0.5) is 4.79 Å². The molecule has 1 aliphatic heterocycles. The predicted molar refractivity (Wildman–Crippen MR) is 68.0 cm³/mol. The molecular formula is C13H20N2O3. The van der Waals surface area contributed by atoms with E-state index in [9.17, 15) is 9.59 Å². The van der Waals surface area contributed by atoms with Gasteiger partial charge in [0, 0.05) is 12.6 Å². The zero-order valence-corrected chi connectivity index (χ0v) is 10.7. The van der Waals surface area contributed by atoms with Crippen molar-refractivity contribution in [3.8, 4) is 12.3 Å². The maximum absolute atomic E-state index is 12.0. The maximum atomic E-state index is 12.0. The van der Waals surface area contributed by atoms with Crippen LogP contribution in [0.1, 0.15) is 39.0 Å². The first-order valence-corrected chi connectivity index (χ1v) is 6.33. The van der Waals surface area contributed by atoms with Gasteiger partial charge >= 0.3 is 12.0 Å². The number of hydrogen-bond donors (Lipinski definition) is 2. The second-order valence-corrected chi connectivity index (χ2v) is 4.54. The fraction of sp³-hybridized carbons (Fsp3) is 0.692. The Labute approximate surface area is 108 Å². The van der Waals surface area contributed by atoms with Gasteiger partial charge in [-0.25, -0.2) is 4.79 Å². The topological polar surface area (TPSA) is 69.6 Å². The third kappa shape index (κ3) is 3.95. The van der Waals surface area contributed by atoms with Crippen LogP contribution in [0, 0.1) is 12.3 Å². The molecule has 5 nitrogen and oxygen atoms in total. The Hall–Kier alpha value is -1.70. The summed E-state index contributed by atoms with van der Waals surface area (Å²) in [6.07, 6.45) is 8.57. The molecule has 2 N–H and O–H groups in total. The number of amides is 2. The fourth-order valence-corrected chi connectivity index (χ4v) is 2.23. The van der Waals surface area contributed by atoms with E-state index in [2.05, 4.69) is 11.2 Å². The van der Waals surface area contributed by atoms with Crippen molar-refractivity contribution in [2.75, 3.05) is 6.54 Å². The molecule has 2 unspecified atom stereocenters. The van der Waals surface area contributed by atoms with E-state index in [1.807, 2.05) is 6.92 Å². The number of nitrogens with one attached hydrogen (secondary N) is 1. The summed E-state index contributed by atoms with van der Waals surface area (Å²) in [5.41, 5.74) is 0. The van der Waals surface area contributed by atoms with E-state index >= 15 is 0 Å². The number of aliphatic carboxylic acids is 1. The molecule has 2 amide bonds. The van der Waals surface area contributed by atoms with Crippen molar-refractivity contribution in [1.29, 1.82) is 0 Å². The molecule has 1 rings (SSSR count). The van der Waals surface area contributed by atoms with Crippen LogP contribution in [-0.4, -0.2) is 40.6 Å². The number of carboxylic acids is 1. The van der Waals surface area contributed by atoms with E-state index in [1.165, 1.54) is 0 Å². The molecule has 0 bridgehead atoms. The summed E-state index contributed by atoms with van der Waals surface area (Å²) in [6, 6.07) is -0.716. The van der Waals surface area contributed by atoms with Gasteiger partial charge in [0.15, 0.2) is 0 Å². The molecule has 0 radical (unpaired) electrons. The maximum Gasteiger partial charge on any atom is 0.318 e. The van der Waals surface area contributed by atoms with Crippen LogP contribution in [0.25, 0.3) is 0 Å². The number of carbonyl (C=O) groups is 2. The SMILES string of the molecule is C#CC(CCC)NC(=O)N1CCCC1CC(=O)O. The summed E-state index contributed by atoms with van der Waals surface area (Å²) in [4.78, 5) is 24.3. The summed E-state index contributed by atoms with van der Waals surface area (Å²) in [5.74, 6) is 1.66. The number of carbonyl (C=O) groups excluding carboxylic acids is 1. The van der Waals surface area contributed by atoms with E-state index in [1.54, 1.807) is 4.90 Å². The molecular weight excluding hydrogens is 232 g/mol. The number of carboxylic acid groups (broad SMARTS) is 1. The van der Waals surface area contributed by atoms with Crippen molar-refractivity contribution in [1.82, 2.24) is 10.2 Å². The lowest BCUT2D eigenvalue weighted by atomic mass is 10.1. The van der Waals surface area contributed by atoms with Crippen LogP contribution >= 0.6 is 0 Å². The molecule has 0 spiro atoms. The molecule has 18 heavy (non-hydrogen) atoms. The standard InChI is InChI=1S/C13H20N2O3/c1-3-6-10(4-2)14-13(18)15-8-5-7-11(15)9-12(16)17/h2,10-11H,3,5-9H2,1H3,(H,14,18)(H,16,17). The van der Waals surface area contributed by atoms with E-state index < -0.39 is 5.97 Å². The third-order valence-electron chi connectivity index (χ3n) is 3.12. The van der Waals surface area contributed by atoms with E-state index in [-0.39, 0.29) is 24.5 Å². The summed E-state index contributed by atoms with van der Waals surface area (Å²) in [6.45, 7) is 2.60. The van der Waals surface area contributed by atoms with Crippen molar-refractivity contribution < 1.29 is 14.7 Å². The quantitative estimate of drug-likeness (QED) is 0.727. The van der Waals surface area contributed by atoms with E-state index in [0.717, 1.165) is 25.7 Å². The first-order valence-electron chi connectivity index (χ1n) is 6.33. The summed E-state index contributed by atoms with van der Waals surface area (Å²) >= 11 is 0. The highest BCUT2D eigenvalue weighted by Crippen LogP contribution is 2.20. The van der Waals surface area contributed by atoms with Gasteiger partial charge in [0.2, 0.25) is 0 Å². The van der Waals surface area contributed by atoms with E-state index in [4.69, 9.17) is 11.5 Å². The van der Waals surface area contributed by atoms with Gasteiger partial charge in [-0.05, 0) is 19.3 Å². The summed E-state index contributed by atoms with van der Waals surface area (Å²) < 4.78 is 0. The minimum Gasteiger partial charge on any atom is -0.481 e. The Morgan fingerprint density at radius 3 is 2.89 bits per heavy atom. The Bertz CT molecular complexity index is 349. The molecule has 0 aromatic heterocycles. The van der Waals surface area contributed by atoms with Crippen LogP contribution in [-0.2, 0) is 4.79 Å². The van der Waals surface area contributed by atoms with Gasteiger partial charge < -0.3 is 15.3 Å². The number of terminal acetylenes is 1. The number of rotatable bonds is 5.